The smallest absolute Gasteiger partial charge is 0.224 e. The Morgan fingerprint density at radius 3 is 2.48 bits per heavy atom. The van der Waals surface area contributed by atoms with Gasteiger partial charge in [-0.25, -0.2) is 4.39 Å². The van der Waals surface area contributed by atoms with E-state index in [0.717, 1.165) is 11.3 Å². The van der Waals surface area contributed by atoms with E-state index in [4.69, 9.17) is 0 Å². The zero-order chi connectivity index (χ0) is 14.7. The summed E-state index contributed by atoms with van der Waals surface area (Å²) in [6.45, 7) is 0. The number of benzene rings is 2. The molecule has 21 heavy (non-hydrogen) atoms. The highest BCUT2D eigenvalue weighted by molar-refractivity contribution is 5.78. The molecular weight excluding hydrogens is 269 g/mol. The lowest BCUT2D eigenvalue weighted by atomic mass is 10.0. The molecule has 3 N–H and O–H groups in total. The van der Waals surface area contributed by atoms with Crippen molar-refractivity contribution in [2.45, 2.75) is 18.8 Å². The van der Waals surface area contributed by atoms with Crippen LogP contribution >= 0.6 is 0 Å². The summed E-state index contributed by atoms with van der Waals surface area (Å²) < 4.78 is 13.0. The van der Waals surface area contributed by atoms with E-state index in [1.54, 1.807) is 12.1 Å². The minimum absolute atomic E-state index is 0.0449. The molecule has 4 nitrogen and oxygen atoms in total. The number of carbonyl (C=O) groups excluding carboxylic acids is 1. The Morgan fingerprint density at radius 2 is 1.76 bits per heavy atom. The number of hydrogen-bond donors (Lipinski definition) is 3. The van der Waals surface area contributed by atoms with Crippen LogP contribution in [0.4, 0.5) is 10.1 Å². The van der Waals surface area contributed by atoms with Crippen molar-refractivity contribution in [1.82, 2.24) is 10.6 Å². The highest BCUT2D eigenvalue weighted by Crippen LogP contribution is 2.21. The second-order valence-corrected chi connectivity index (χ2v) is 4.99. The second-order valence-electron chi connectivity index (χ2n) is 4.99. The molecule has 1 heterocycles. The van der Waals surface area contributed by atoms with Gasteiger partial charge < -0.3 is 10.6 Å². The van der Waals surface area contributed by atoms with Gasteiger partial charge in [-0.15, -0.1) is 0 Å². The maximum Gasteiger partial charge on any atom is 0.224 e. The SMILES string of the molecule is O=C1CC(c2ccc(F)cc2)NC(Nc2ccccc2)N1. The van der Waals surface area contributed by atoms with Gasteiger partial charge in [0.1, 0.15) is 5.82 Å². The molecule has 1 fully saturated rings. The van der Waals surface area contributed by atoms with Gasteiger partial charge in [-0.2, -0.15) is 0 Å². The number of amides is 1. The van der Waals surface area contributed by atoms with Gasteiger partial charge in [0.15, 0.2) is 6.29 Å². The predicted molar refractivity (Wildman–Crippen MR) is 78.9 cm³/mol. The van der Waals surface area contributed by atoms with Gasteiger partial charge >= 0.3 is 0 Å². The number of halogens is 1. The Balaban J connectivity index is 1.72. The monoisotopic (exact) mass is 285 g/mol. The molecule has 2 aromatic carbocycles. The fraction of sp³-hybridized carbons (Fsp3) is 0.188. The molecule has 2 unspecified atom stereocenters. The summed E-state index contributed by atoms with van der Waals surface area (Å²) in [6.07, 6.45) is -0.0257. The first-order chi connectivity index (χ1) is 10.2. The van der Waals surface area contributed by atoms with Crippen LogP contribution < -0.4 is 16.0 Å². The molecule has 3 rings (SSSR count). The maximum absolute atomic E-state index is 13.0. The van der Waals surface area contributed by atoms with Crippen molar-refractivity contribution in [3.8, 4) is 0 Å². The summed E-state index contributed by atoms with van der Waals surface area (Å²) in [5, 5.41) is 9.35. The molecule has 108 valence electrons. The van der Waals surface area contributed by atoms with Gasteiger partial charge in [-0.3, -0.25) is 10.1 Å². The molecule has 0 radical (unpaired) electrons. The zero-order valence-electron chi connectivity index (χ0n) is 11.3. The number of anilines is 1. The van der Waals surface area contributed by atoms with Crippen LogP contribution in [0.15, 0.2) is 54.6 Å². The maximum atomic E-state index is 13.0. The molecule has 0 spiro atoms. The molecule has 2 atom stereocenters. The van der Waals surface area contributed by atoms with E-state index >= 15 is 0 Å². The summed E-state index contributed by atoms with van der Waals surface area (Å²) in [5.41, 5.74) is 1.81. The normalized spacial score (nSPS) is 21.7. The summed E-state index contributed by atoms with van der Waals surface area (Å²) in [6, 6.07) is 15.7. The largest absolute Gasteiger partial charge is 0.353 e. The minimum Gasteiger partial charge on any atom is -0.353 e. The molecule has 0 bridgehead atoms. The van der Waals surface area contributed by atoms with E-state index in [-0.39, 0.29) is 24.1 Å². The van der Waals surface area contributed by atoms with Crippen LogP contribution in [-0.4, -0.2) is 12.2 Å². The Bertz CT molecular complexity index is 615. The van der Waals surface area contributed by atoms with Crippen molar-refractivity contribution < 1.29 is 9.18 Å². The Labute approximate surface area is 122 Å². The fourth-order valence-corrected chi connectivity index (χ4v) is 2.40. The molecule has 0 saturated carbocycles. The van der Waals surface area contributed by atoms with Crippen molar-refractivity contribution in [3.05, 3.63) is 66.0 Å². The summed E-state index contributed by atoms with van der Waals surface area (Å²) in [4.78, 5) is 11.8. The molecule has 1 aliphatic heterocycles. The molecule has 1 aliphatic rings. The standard InChI is InChI=1S/C16H16FN3O/c17-12-8-6-11(7-9-12)14-10-15(21)20-16(19-14)18-13-4-2-1-3-5-13/h1-9,14,16,18-19H,10H2,(H,20,21). The van der Waals surface area contributed by atoms with Crippen molar-refractivity contribution in [2.75, 3.05) is 5.32 Å². The van der Waals surface area contributed by atoms with Crippen LogP contribution in [0.2, 0.25) is 0 Å². The highest BCUT2D eigenvalue weighted by atomic mass is 19.1. The first kappa shape index (κ1) is 13.6. The van der Waals surface area contributed by atoms with Gasteiger partial charge in [0.2, 0.25) is 5.91 Å². The van der Waals surface area contributed by atoms with E-state index in [1.807, 2.05) is 30.3 Å². The molecular formula is C16H16FN3O. The zero-order valence-corrected chi connectivity index (χ0v) is 11.3. The lowest BCUT2D eigenvalue weighted by Gasteiger charge is -2.32. The third-order valence-corrected chi connectivity index (χ3v) is 3.42. The van der Waals surface area contributed by atoms with E-state index in [2.05, 4.69) is 16.0 Å². The minimum atomic E-state index is -0.358. The summed E-state index contributed by atoms with van der Waals surface area (Å²) in [7, 11) is 0. The molecule has 0 aliphatic carbocycles. The highest BCUT2D eigenvalue weighted by Gasteiger charge is 2.26. The number of para-hydroxylation sites is 1. The lowest BCUT2D eigenvalue weighted by molar-refractivity contribution is -0.124. The average molecular weight is 285 g/mol. The van der Waals surface area contributed by atoms with Crippen LogP contribution in [0.3, 0.4) is 0 Å². The first-order valence-corrected chi connectivity index (χ1v) is 6.83. The van der Waals surface area contributed by atoms with Crippen LogP contribution in [0.5, 0.6) is 0 Å². The van der Waals surface area contributed by atoms with Crippen molar-refractivity contribution >= 4 is 11.6 Å². The summed E-state index contributed by atoms with van der Waals surface area (Å²) in [5.74, 6) is -0.325. The van der Waals surface area contributed by atoms with Gasteiger partial charge in [0, 0.05) is 18.2 Å². The van der Waals surface area contributed by atoms with Crippen LogP contribution in [0.1, 0.15) is 18.0 Å². The van der Waals surface area contributed by atoms with Crippen molar-refractivity contribution in [1.29, 1.82) is 0 Å². The number of hydrogen-bond acceptors (Lipinski definition) is 3. The quantitative estimate of drug-likeness (QED) is 0.811. The van der Waals surface area contributed by atoms with E-state index in [1.165, 1.54) is 12.1 Å². The van der Waals surface area contributed by atoms with Crippen molar-refractivity contribution in [2.24, 2.45) is 0 Å². The van der Waals surface area contributed by atoms with E-state index in [9.17, 15) is 9.18 Å². The third-order valence-electron chi connectivity index (χ3n) is 3.42. The topological polar surface area (TPSA) is 53.2 Å². The van der Waals surface area contributed by atoms with Gasteiger partial charge in [-0.1, -0.05) is 30.3 Å². The molecule has 1 amide bonds. The lowest BCUT2D eigenvalue weighted by Crippen LogP contribution is -2.56. The van der Waals surface area contributed by atoms with Gasteiger partial charge in [0.25, 0.3) is 0 Å². The summed E-state index contributed by atoms with van der Waals surface area (Å²) >= 11 is 0. The Morgan fingerprint density at radius 1 is 1.05 bits per heavy atom. The molecule has 0 aromatic heterocycles. The first-order valence-electron chi connectivity index (χ1n) is 6.83. The van der Waals surface area contributed by atoms with E-state index < -0.39 is 0 Å². The Hall–Kier alpha value is -2.40. The molecule has 1 saturated heterocycles. The molecule has 2 aromatic rings. The Kier molecular flexibility index (Phi) is 3.83. The molecule has 5 heteroatoms. The van der Waals surface area contributed by atoms with Crippen LogP contribution in [0.25, 0.3) is 0 Å². The number of nitrogens with one attached hydrogen (secondary N) is 3. The van der Waals surface area contributed by atoms with E-state index in [0.29, 0.717) is 6.42 Å². The fourth-order valence-electron chi connectivity index (χ4n) is 2.40. The predicted octanol–water partition coefficient (Wildman–Crippen LogP) is 2.37. The van der Waals surface area contributed by atoms with Crippen LogP contribution in [0, 0.1) is 5.82 Å². The number of rotatable bonds is 3. The average Bonchev–Trinajstić information content (AvgIpc) is 2.48. The van der Waals surface area contributed by atoms with Crippen LogP contribution in [-0.2, 0) is 4.79 Å². The third kappa shape index (κ3) is 3.38. The van der Waals surface area contributed by atoms with Gasteiger partial charge in [-0.05, 0) is 29.8 Å². The second kappa shape index (κ2) is 5.93. The van der Waals surface area contributed by atoms with Crippen molar-refractivity contribution in [3.63, 3.8) is 0 Å². The van der Waals surface area contributed by atoms with Gasteiger partial charge in [0.05, 0.1) is 0 Å². The number of carbonyl (C=O) groups is 1.